The van der Waals surface area contributed by atoms with Crippen molar-refractivity contribution in [2.75, 3.05) is 31.6 Å². The fourth-order valence-electron chi connectivity index (χ4n) is 3.11. The van der Waals surface area contributed by atoms with Crippen LogP contribution in [-0.2, 0) is 0 Å². The number of hydrogen-bond donors (Lipinski definition) is 3. The van der Waals surface area contributed by atoms with Gasteiger partial charge in [0.2, 0.25) is 0 Å². The number of aliphatic imine (C=N–C) groups is 1. The lowest BCUT2D eigenvalue weighted by atomic mass is 9.93. The first-order chi connectivity index (χ1) is 12.1. The molecule has 5 nitrogen and oxygen atoms in total. The van der Waals surface area contributed by atoms with Crippen LogP contribution >= 0.6 is 24.0 Å². The minimum absolute atomic E-state index is 0. The topological polar surface area (TPSA) is 59.9 Å². The molecule has 0 aliphatic heterocycles. The van der Waals surface area contributed by atoms with Crippen molar-refractivity contribution in [3.05, 3.63) is 30.1 Å². The van der Waals surface area contributed by atoms with Gasteiger partial charge in [-0.3, -0.25) is 4.99 Å². The number of nitrogens with one attached hydrogen (secondary N) is 2. The average molecular weight is 478 g/mol. The zero-order valence-electron chi connectivity index (χ0n) is 15.7. The molecular formula is C19H32FIN4O. The van der Waals surface area contributed by atoms with Crippen LogP contribution in [0.3, 0.4) is 0 Å². The fraction of sp³-hybridized carbons (Fsp3) is 0.632. The normalized spacial score (nSPS) is 20.2. The van der Waals surface area contributed by atoms with Crippen LogP contribution in [0.15, 0.2) is 29.3 Å². The van der Waals surface area contributed by atoms with Crippen LogP contribution in [0, 0.1) is 5.82 Å². The van der Waals surface area contributed by atoms with E-state index in [1.807, 2.05) is 24.9 Å². The zero-order valence-corrected chi connectivity index (χ0v) is 18.1. The quantitative estimate of drug-likeness (QED) is 0.244. The van der Waals surface area contributed by atoms with Gasteiger partial charge in [-0.25, -0.2) is 4.39 Å². The van der Waals surface area contributed by atoms with Crippen LogP contribution in [0.4, 0.5) is 10.1 Å². The van der Waals surface area contributed by atoms with E-state index >= 15 is 0 Å². The maximum Gasteiger partial charge on any atom is 0.191 e. The second-order valence-electron chi connectivity index (χ2n) is 6.64. The summed E-state index contributed by atoms with van der Waals surface area (Å²) < 4.78 is 13.8. The van der Waals surface area contributed by atoms with Crippen LogP contribution in [0.1, 0.15) is 39.0 Å². The minimum Gasteiger partial charge on any atom is -0.393 e. The summed E-state index contributed by atoms with van der Waals surface area (Å²) in [5, 5.41) is 16.3. The monoisotopic (exact) mass is 478 g/mol. The van der Waals surface area contributed by atoms with Gasteiger partial charge in [0.1, 0.15) is 5.82 Å². The summed E-state index contributed by atoms with van der Waals surface area (Å²) in [5.41, 5.74) is 0.622. The van der Waals surface area contributed by atoms with Gasteiger partial charge in [-0.05, 0) is 51.2 Å². The van der Waals surface area contributed by atoms with Crippen molar-refractivity contribution in [1.82, 2.24) is 10.6 Å². The summed E-state index contributed by atoms with van der Waals surface area (Å²) >= 11 is 0. The molecule has 1 fully saturated rings. The van der Waals surface area contributed by atoms with Crippen molar-refractivity contribution in [2.45, 2.75) is 51.2 Å². The van der Waals surface area contributed by atoms with Gasteiger partial charge in [-0.2, -0.15) is 0 Å². The van der Waals surface area contributed by atoms with Crippen molar-refractivity contribution in [3.63, 3.8) is 0 Å². The molecule has 2 rings (SSSR count). The Morgan fingerprint density at radius 2 is 1.96 bits per heavy atom. The molecule has 0 saturated heterocycles. The molecule has 0 atom stereocenters. The standard InChI is InChI=1S/C19H31FN4O.HI/c1-3-21-19(23-15-9-11-16(25)12-10-15)22-13-6-14-24(2)18-8-5-4-7-17(18)20;/h4-5,7-8,15-16,25H,3,6,9-14H2,1-2H3,(H2,21,22,23);1H. The Bertz CT molecular complexity index is 550. The Labute approximate surface area is 173 Å². The van der Waals surface area contributed by atoms with Gasteiger partial charge in [-0.15, -0.1) is 24.0 Å². The predicted octanol–water partition coefficient (Wildman–Crippen LogP) is 3.13. The molecule has 3 N–H and O–H groups in total. The van der Waals surface area contributed by atoms with Gasteiger partial charge in [0, 0.05) is 32.7 Å². The summed E-state index contributed by atoms with van der Waals surface area (Å²) in [6.45, 7) is 4.30. The third-order valence-corrected chi connectivity index (χ3v) is 4.57. The number of hydrogen-bond acceptors (Lipinski definition) is 3. The molecular weight excluding hydrogens is 446 g/mol. The number of aliphatic hydroxyl groups is 1. The van der Waals surface area contributed by atoms with Crippen LogP contribution in [-0.4, -0.2) is 49.9 Å². The van der Waals surface area contributed by atoms with Gasteiger partial charge >= 0.3 is 0 Å². The lowest BCUT2D eigenvalue weighted by Gasteiger charge is -2.27. The third kappa shape index (κ3) is 7.65. The molecule has 1 saturated carbocycles. The smallest absolute Gasteiger partial charge is 0.191 e. The molecule has 1 aromatic carbocycles. The van der Waals surface area contributed by atoms with Crippen LogP contribution < -0.4 is 15.5 Å². The number of nitrogens with zero attached hydrogens (tertiary/aromatic N) is 2. The number of aliphatic hydroxyl groups excluding tert-OH is 1. The average Bonchev–Trinajstić information content (AvgIpc) is 2.61. The van der Waals surface area contributed by atoms with Crippen molar-refractivity contribution < 1.29 is 9.50 Å². The van der Waals surface area contributed by atoms with Crippen LogP contribution in [0.2, 0.25) is 0 Å². The van der Waals surface area contributed by atoms with Crippen LogP contribution in [0.25, 0.3) is 0 Å². The Morgan fingerprint density at radius 1 is 1.27 bits per heavy atom. The number of para-hydroxylation sites is 1. The number of halogens is 2. The summed E-state index contributed by atoms with van der Waals surface area (Å²) in [7, 11) is 1.90. The van der Waals surface area contributed by atoms with Crippen molar-refractivity contribution in [1.29, 1.82) is 0 Å². The molecule has 0 spiro atoms. The molecule has 1 aliphatic carbocycles. The first-order valence-corrected chi connectivity index (χ1v) is 9.28. The third-order valence-electron chi connectivity index (χ3n) is 4.57. The Balaban J connectivity index is 0.00000338. The molecule has 0 amide bonds. The summed E-state index contributed by atoms with van der Waals surface area (Å²) in [6, 6.07) is 7.21. The number of guanidine groups is 1. The van der Waals surface area contributed by atoms with E-state index < -0.39 is 0 Å². The van der Waals surface area contributed by atoms with Crippen molar-refractivity contribution in [3.8, 4) is 0 Å². The fourth-order valence-corrected chi connectivity index (χ4v) is 3.11. The highest BCUT2D eigenvalue weighted by Crippen LogP contribution is 2.18. The first-order valence-electron chi connectivity index (χ1n) is 9.28. The predicted molar refractivity (Wildman–Crippen MR) is 117 cm³/mol. The SMILES string of the molecule is CCNC(=NCCCN(C)c1ccccc1F)NC1CCC(O)CC1.I. The molecule has 1 aliphatic rings. The van der Waals surface area contributed by atoms with E-state index in [-0.39, 0.29) is 35.9 Å². The first kappa shape index (κ1) is 23.0. The van der Waals surface area contributed by atoms with E-state index in [2.05, 4.69) is 15.6 Å². The second-order valence-corrected chi connectivity index (χ2v) is 6.64. The molecule has 1 aromatic rings. The Kier molecular flexibility index (Phi) is 10.9. The molecule has 0 bridgehead atoms. The van der Waals surface area contributed by atoms with Gasteiger partial charge in [0.25, 0.3) is 0 Å². The van der Waals surface area contributed by atoms with Gasteiger partial charge in [-0.1, -0.05) is 12.1 Å². The molecule has 7 heteroatoms. The van der Waals surface area contributed by atoms with Crippen molar-refractivity contribution >= 4 is 35.6 Å². The number of benzene rings is 1. The van der Waals surface area contributed by atoms with E-state index in [0.717, 1.165) is 51.2 Å². The molecule has 0 radical (unpaired) electrons. The Hall–Kier alpha value is -1.09. The zero-order chi connectivity index (χ0) is 18.1. The maximum absolute atomic E-state index is 13.8. The lowest BCUT2D eigenvalue weighted by molar-refractivity contribution is 0.120. The van der Waals surface area contributed by atoms with E-state index in [1.165, 1.54) is 6.07 Å². The summed E-state index contributed by atoms with van der Waals surface area (Å²) in [5.74, 6) is 0.639. The van der Waals surface area contributed by atoms with Gasteiger partial charge < -0.3 is 20.6 Å². The lowest BCUT2D eigenvalue weighted by Crippen LogP contribution is -2.45. The highest BCUT2D eigenvalue weighted by Gasteiger charge is 2.19. The van der Waals surface area contributed by atoms with E-state index in [0.29, 0.717) is 18.3 Å². The molecule has 0 unspecified atom stereocenters. The number of rotatable bonds is 7. The molecule has 148 valence electrons. The van der Waals surface area contributed by atoms with E-state index in [4.69, 9.17) is 0 Å². The van der Waals surface area contributed by atoms with Crippen LogP contribution in [0.5, 0.6) is 0 Å². The largest absolute Gasteiger partial charge is 0.393 e. The van der Waals surface area contributed by atoms with Gasteiger partial charge in [0.15, 0.2) is 5.96 Å². The highest BCUT2D eigenvalue weighted by atomic mass is 127. The summed E-state index contributed by atoms with van der Waals surface area (Å²) in [4.78, 5) is 6.55. The maximum atomic E-state index is 13.8. The van der Waals surface area contributed by atoms with E-state index in [9.17, 15) is 9.50 Å². The second kappa shape index (κ2) is 12.3. The molecule has 0 aromatic heterocycles. The minimum atomic E-state index is -0.192. The van der Waals surface area contributed by atoms with E-state index in [1.54, 1.807) is 12.1 Å². The summed E-state index contributed by atoms with van der Waals surface area (Å²) in [6.07, 6.45) is 4.36. The Morgan fingerprint density at radius 3 is 2.62 bits per heavy atom. The van der Waals surface area contributed by atoms with Gasteiger partial charge in [0.05, 0.1) is 11.8 Å². The molecule has 26 heavy (non-hydrogen) atoms. The number of anilines is 1. The highest BCUT2D eigenvalue weighted by molar-refractivity contribution is 14.0. The molecule has 0 heterocycles. The van der Waals surface area contributed by atoms with Crippen molar-refractivity contribution in [2.24, 2.45) is 4.99 Å².